The molecule has 3 heterocycles. The van der Waals surface area contributed by atoms with Gasteiger partial charge >= 0.3 is 5.69 Å². The second-order valence-corrected chi connectivity index (χ2v) is 6.94. The van der Waals surface area contributed by atoms with E-state index >= 15 is 0 Å². The van der Waals surface area contributed by atoms with Gasteiger partial charge in [-0.3, -0.25) is 13.9 Å². The SMILES string of the molecule is CCOCCn1c(=O)n(C)c(=O)c2c1nc(N1CCNCC1)n2C(C)CC. The summed E-state index contributed by atoms with van der Waals surface area (Å²) in [6.07, 6.45) is 0.867. The van der Waals surface area contributed by atoms with Gasteiger partial charge in [0.2, 0.25) is 5.95 Å². The average molecular weight is 378 g/mol. The summed E-state index contributed by atoms with van der Waals surface area (Å²) in [5.41, 5.74) is 0.304. The fourth-order valence-electron chi connectivity index (χ4n) is 3.50. The highest BCUT2D eigenvalue weighted by molar-refractivity contribution is 5.75. The van der Waals surface area contributed by atoms with Crippen LogP contribution in [0.4, 0.5) is 5.95 Å². The van der Waals surface area contributed by atoms with Crippen LogP contribution in [0, 0.1) is 0 Å². The van der Waals surface area contributed by atoms with Crippen LogP contribution in [-0.4, -0.2) is 58.1 Å². The van der Waals surface area contributed by atoms with Crippen molar-refractivity contribution in [3.05, 3.63) is 20.8 Å². The highest BCUT2D eigenvalue weighted by Crippen LogP contribution is 2.26. The Bertz CT molecular complexity index is 906. The van der Waals surface area contributed by atoms with Gasteiger partial charge in [-0.2, -0.15) is 4.98 Å². The lowest BCUT2D eigenvalue weighted by Gasteiger charge is -2.30. The van der Waals surface area contributed by atoms with Crippen molar-refractivity contribution >= 4 is 17.1 Å². The van der Waals surface area contributed by atoms with E-state index in [0.717, 1.165) is 38.5 Å². The van der Waals surface area contributed by atoms with E-state index in [9.17, 15) is 9.59 Å². The first-order chi connectivity index (χ1) is 13.0. The van der Waals surface area contributed by atoms with E-state index in [1.165, 1.54) is 11.6 Å². The number of rotatable bonds is 7. The largest absolute Gasteiger partial charge is 0.380 e. The first kappa shape index (κ1) is 19.6. The Labute approximate surface area is 158 Å². The zero-order chi connectivity index (χ0) is 19.6. The highest BCUT2D eigenvalue weighted by Gasteiger charge is 2.26. The molecule has 1 aliphatic heterocycles. The van der Waals surface area contributed by atoms with Crippen molar-refractivity contribution in [2.75, 3.05) is 44.3 Å². The molecule has 2 aromatic rings. The summed E-state index contributed by atoms with van der Waals surface area (Å²) in [6, 6.07) is 0.102. The van der Waals surface area contributed by atoms with E-state index in [-0.39, 0.29) is 17.3 Å². The van der Waals surface area contributed by atoms with E-state index < -0.39 is 0 Å². The molecule has 1 atom stereocenters. The van der Waals surface area contributed by atoms with Crippen LogP contribution in [0.5, 0.6) is 0 Å². The summed E-state index contributed by atoms with van der Waals surface area (Å²) in [7, 11) is 1.53. The highest BCUT2D eigenvalue weighted by atomic mass is 16.5. The molecular weight excluding hydrogens is 348 g/mol. The molecule has 9 heteroatoms. The third-order valence-electron chi connectivity index (χ3n) is 5.25. The number of nitrogens with zero attached hydrogens (tertiary/aromatic N) is 5. The Balaban J connectivity index is 2.26. The molecule has 0 spiro atoms. The van der Waals surface area contributed by atoms with E-state index in [4.69, 9.17) is 9.72 Å². The molecule has 0 saturated carbocycles. The van der Waals surface area contributed by atoms with Gasteiger partial charge in [0.15, 0.2) is 11.2 Å². The summed E-state index contributed by atoms with van der Waals surface area (Å²) in [6.45, 7) is 10.8. The number of hydrogen-bond acceptors (Lipinski definition) is 6. The molecule has 0 aliphatic carbocycles. The monoisotopic (exact) mass is 378 g/mol. The van der Waals surface area contributed by atoms with E-state index in [0.29, 0.717) is 30.9 Å². The smallest absolute Gasteiger partial charge is 0.332 e. The molecule has 1 N–H and O–H groups in total. The van der Waals surface area contributed by atoms with Crippen molar-refractivity contribution < 1.29 is 4.74 Å². The molecule has 150 valence electrons. The predicted molar refractivity (Wildman–Crippen MR) is 106 cm³/mol. The Morgan fingerprint density at radius 2 is 1.93 bits per heavy atom. The van der Waals surface area contributed by atoms with Crippen LogP contribution in [0.15, 0.2) is 9.59 Å². The zero-order valence-electron chi connectivity index (χ0n) is 16.7. The molecule has 1 unspecified atom stereocenters. The predicted octanol–water partition coefficient (Wildman–Crippen LogP) is 0.314. The maximum Gasteiger partial charge on any atom is 0.332 e. The van der Waals surface area contributed by atoms with Gasteiger partial charge in [-0.1, -0.05) is 6.92 Å². The minimum absolute atomic E-state index is 0.102. The molecule has 0 aromatic carbocycles. The quantitative estimate of drug-likeness (QED) is 0.698. The number of ether oxygens (including phenoxy) is 1. The molecule has 0 radical (unpaired) electrons. The number of piperazine rings is 1. The van der Waals surface area contributed by atoms with Crippen LogP contribution in [0.2, 0.25) is 0 Å². The molecule has 1 aliphatic rings. The van der Waals surface area contributed by atoms with Gasteiger partial charge in [-0.05, 0) is 20.3 Å². The van der Waals surface area contributed by atoms with Crippen LogP contribution in [0.3, 0.4) is 0 Å². The maximum atomic E-state index is 13.0. The minimum atomic E-state index is -0.354. The van der Waals surface area contributed by atoms with Gasteiger partial charge in [0.1, 0.15) is 0 Å². The lowest BCUT2D eigenvalue weighted by molar-refractivity contribution is 0.138. The van der Waals surface area contributed by atoms with Gasteiger partial charge < -0.3 is 19.5 Å². The van der Waals surface area contributed by atoms with Crippen LogP contribution in [-0.2, 0) is 18.3 Å². The Morgan fingerprint density at radius 1 is 1.22 bits per heavy atom. The van der Waals surface area contributed by atoms with Crippen molar-refractivity contribution in [3.8, 4) is 0 Å². The van der Waals surface area contributed by atoms with Crippen LogP contribution < -0.4 is 21.5 Å². The first-order valence-electron chi connectivity index (χ1n) is 9.76. The summed E-state index contributed by atoms with van der Waals surface area (Å²) in [4.78, 5) is 32.7. The van der Waals surface area contributed by atoms with Crippen LogP contribution in [0.1, 0.15) is 33.2 Å². The summed E-state index contributed by atoms with van der Waals surface area (Å²) < 4.78 is 10.2. The topological polar surface area (TPSA) is 86.3 Å². The standard InChI is InChI=1S/C18H30N6O3/c1-5-13(3)24-14-15(20-17(24)22-9-7-19-8-10-22)23(11-12-27-6-2)18(26)21(4)16(14)25/h13,19H,5-12H2,1-4H3. The molecule has 9 nitrogen and oxygen atoms in total. The number of nitrogens with one attached hydrogen (secondary N) is 1. The number of fused-ring (bicyclic) bond motifs is 1. The Hall–Kier alpha value is -2.13. The molecule has 3 rings (SSSR count). The third kappa shape index (κ3) is 3.53. The molecule has 0 amide bonds. The molecule has 2 aromatic heterocycles. The molecule has 0 bridgehead atoms. The van der Waals surface area contributed by atoms with Gasteiger partial charge in [-0.15, -0.1) is 0 Å². The van der Waals surface area contributed by atoms with E-state index in [1.54, 1.807) is 4.57 Å². The summed E-state index contributed by atoms with van der Waals surface area (Å²) >= 11 is 0. The van der Waals surface area contributed by atoms with Crippen molar-refractivity contribution in [1.29, 1.82) is 0 Å². The van der Waals surface area contributed by atoms with Gasteiger partial charge in [0.25, 0.3) is 5.56 Å². The van der Waals surface area contributed by atoms with Gasteiger partial charge in [0.05, 0.1) is 13.2 Å². The summed E-state index contributed by atoms with van der Waals surface area (Å²) in [5.74, 6) is 0.772. The molecule has 27 heavy (non-hydrogen) atoms. The van der Waals surface area contributed by atoms with Crippen molar-refractivity contribution in [2.24, 2.45) is 7.05 Å². The van der Waals surface area contributed by atoms with Crippen LogP contribution in [0.25, 0.3) is 11.2 Å². The number of hydrogen-bond donors (Lipinski definition) is 1. The molecule has 1 saturated heterocycles. The maximum absolute atomic E-state index is 13.0. The fraction of sp³-hybridized carbons (Fsp3) is 0.722. The normalized spacial score (nSPS) is 16.2. The average Bonchev–Trinajstić information content (AvgIpc) is 3.09. The summed E-state index contributed by atoms with van der Waals surface area (Å²) in [5, 5.41) is 3.34. The van der Waals surface area contributed by atoms with Gasteiger partial charge in [-0.25, -0.2) is 4.79 Å². The number of aromatic nitrogens is 4. The zero-order valence-corrected chi connectivity index (χ0v) is 16.7. The molecular formula is C18H30N6O3. The van der Waals surface area contributed by atoms with Crippen molar-refractivity contribution in [2.45, 2.75) is 39.8 Å². The Kier molecular flexibility index (Phi) is 6.01. The first-order valence-corrected chi connectivity index (χ1v) is 9.76. The Morgan fingerprint density at radius 3 is 2.56 bits per heavy atom. The van der Waals surface area contributed by atoms with Crippen LogP contribution >= 0.6 is 0 Å². The van der Waals surface area contributed by atoms with E-state index in [2.05, 4.69) is 24.1 Å². The molecule has 1 fully saturated rings. The van der Waals surface area contributed by atoms with E-state index in [1.807, 2.05) is 11.5 Å². The second kappa shape index (κ2) is 8.26. The van der Waals surface area contributed by atoms with Crippen molar-refractivity contribution in [1.82, 2.24) is 24.0 Å². The third-order valence-corrected chi connectivity index (χ3v) is 5.25. The fourth-order valence-corrected chi connectivity index (χ4v) is 3.50. The minimum Gasteiger partial charge on any atom is -0.380 e. The lowest BCUT2D eigenvalue weighted by atomic mass is 10.2. The van der Waals surface area contributed by atoms with Crippen molar-refractivity contribution in [3.63, 3.8) is 0 Å². The number of anilines is 1. The van der Waals surface area contributed by atoms with Gasteiger partial charge in [0, 0.05) is 45.9 Å². The lowest BCUT2D eigenvalue weighted by Crippen LogP contribution is -2.44. The second-order valence-electron chi connectivity index (χ2n) is 6.94. The number of imidazole rings is 1.